The molecule has 1 N–H and O–H groups in total. The number of hydrogen-bond donors (Lipinski definition) is 1. The number of ether oxygens (including phenoxy) is 2. The monoisotopic (exact) mass is 399 g/mol. The molecule has 3 rings (SSSR count). The normalized spacial score (nSPS) is 15.4. The van der Waals surface area contributed by atoms with Gasteiger partial charge in [0.15, 0.2) is 0 Å². The van der Waals surface area contributed by atoms with Crippen LogP contribution in [0.2, 0.25) is 0 Å². The van der Waals surface area contributed by atoms with Gasteiger partial charge in [0, 0.05) is 24.7 Å². The van der Waals surface area contributed by atoms with Gasteiger partial charge in [0.1, 0.15) is 11.9 Å². The zero-order valence-corrected chi connectivity index (χ0v) is 17.7. The molecule has 0 saturated carbocycles. The van der Waals surface area contributed by atoms with Crippen LogP contribution in [0.3, 0.4) is 0 Å². The van der Waals surface area contributed by atoms with Crippen molar-refractivity contribution in [2.24, 2.45) is 0 Å². The second kappa shape index (κ2) is 11.0. The Hall–Kier alpha value is -2.34. The highest BCUT2D eigenvalue weighted by molar-refractivity contribution is 5.99. The Kier molecular flexibility index (Phi) is 8.11. The molecule has 158 valence electrons. The second-order valence-electron chi connectivity index (χ2n) is 7.73. The summed E-state index contributed by atoms with van der Waals surface area (Å²) in [5.74, 6) is 0.726. The third-order valence-electron chi connectivity index (χ3n) is 5.57. The summed E-state index contributed by atoms with van der Waals surface area (Å²) in [5, 5.41) is 3.71. The number of benzene rings is 1. The number of piperidine rings is 1. The van der Waals surface area contributed by atoms with Crippen molar-refractivity contribution in [2.45, 2.75) is 58.0 Å². The number of carbonyl (C=O) groups excluding carboxylic acids is 1. The number of aromatic nitrogens is 1. The predicted octanol–water partition coefficient (Wildman–Crippen LogP) is 5.23. The summed E-state index contributed by atoms with van der Waals surface area (Å²) in [7, 11) is 1.62. The maximum absolute atomic E-state index is 12.4. The molecule has 6 nitrogen and oxygen atoms in total. The fourth-order valence-electron chi connectivity index (χ4n) is 3.84. The molecular weight excluding hydrogens is 366 g/mol. The molecular formula is C23H33N3O3. The number of unbranched alkanes of at least 4 members (excludes halogenated alkanes) is 4. The molecule has 0 bridgehead atoms. The van der Waals surface area contributed by atoms with Crippen molar-refractivity contribution in [2.75, 3.05) is 32.1 Å². The first kappa shape index (κ1) is 21.4. The largest absolute Gasteiger partial charge is 0.497 e. The van der Waals surface area contributed by atoms with Crippen LogP contribution in [0.15, 0.2) is 30.5 Å². The molecule has 0 unspecified atom stereocenters. The van der Waals surface area contributed by atoms with E-state index in [1.165, 1.54) is 32.1 Å². The smallest absolute Gasteiger partial charge is 0.411 e. The van der Waals surface area contributed by atoms with E-state index >= 15 is 0 Å². The highest BCUT2D eigenvalue weighted by atomic mass is 16.6. The van der Waals surface area contributed by atoms with Gasteiger partial charge in [-0.25, -0.2) is 4.79 Å². The number of amides is 1. The van der Waals surface area contributed by atoms with E-state index in [1.54, 1.807) is 19.4 Å². The molecule has 1 aromatic carbocycles. The molecule has 2 aromatic rings. The number of pyridine rings is 1. The third kappa shape index (κ3) is 6.32. The van der Waals surface area contributed by atoms with Crippen LogP contribution < -0.4 is 10.1 Å². The van der Waals surface area contributed by atoms with E-state index in [0.29, 0.717) is 5.69 Å². The van der Waals surface area contributed by atoms with Gasteiger partial charge in [-0.15, -0.1) is 0 Å². The molecule has 0 radical (unpaired) electrons. The van der Waals surface area contributed by atoms with Crippen LogP contribution in [0.25, 0.3) is 10.9 Å². The molecule has 1 aliphatic rings. The summed E-state index contributed by atoms with van der Waals surface area (Å²) in [6, 6.07) is 7.39. The Morgan fingerprint density at radius 1 is 1.17 bits per heavy atom. The van der Waals surface area contributed by atoms with Crippen LogP contribution in [0.4, 0.5) is 10.5 Å². The first-order valence-electron chi connectivity index (χ1n) is 10.8. The zero-order chi connectivity index (χ0) is 20.5. The van der Waals surface area contributed by atoms with Crippen LogP contribution in [0.1, 0.15) is 51.9 Å². The van der Waals surface area contributed by atoms with E-state index in [-0.39, 0.29) is 6.10 Å². The lowest BCUT2D eigenvalue weighted by Crippen LogP contribution is -2.38. The van der Waals surface area contributed by atoms with Gasteiger partial charge >= 0.3 is 6.09 Å². The summed E-state index contributed by atoms with van der Waals surface area (Å²) in [6.45, 7) is 5.41. The molecule has 1 fully saturated rings. The van der Waals surface area contributed by atoms with E-state index in [1.807, 2.05) is 18.2 Å². The van der Waals surface area contributed by atoms with Gasteiger partial charge in [0.2, 0.25) is 0 Å². The fraction of sp³-hybridized carbons (Fsp3) is 0.565. The maximum Gasteiger partial charge on any atom is 0.411 e. The topological polar surface area (TPSA) is 63.7 Å². The first-order valence-corrected chi connectivity index (χ1v) is 10.8. The van der Waals surface area contributed by atoms with Gasteiger partial charge in [-0.05, 0) is 50.1 Å². The van der Waals surface area contributed by atoms with Crippen molar-refractivity contribution in [3.63, 3.8) is 0 Å². The minimum atomic E-state index is -0.404. The number of fused-ring (bicyclic) bond motifs is 1. The molecule has 1 aliphatic heterocycles. The number of nitrogens with zero attached hydrogens (tertiary/aromatic N) is 2. The van der Waals surface area contributed by atoms with Gasteiger partial charge in [-0.1, -0.05) is 32.6 Å². The van der Waals surface area contributed by atoms with E-state index in [0.717, 1.165) is 49.1 Å². The highest BCUT2D eigenvalue weighted by Crippen LogP contribution is 2.26. The number of hydrogen-bond acceptors (Lipinski definition) is 5. The molecule has 1 amide bonds. The van der Waals surface area contributed by atoms with Crippen LogP contribution in [0.5, 0.6) is 5.75 Å². The van der Waals surface area contributed by atoms with Crippen molar-refractivity contribution in [3.05, 3.63) is 30.5 Å². The van der Waals surface area contributed by atoms with Gasteiger partial charge in [-0.2, -0.15) is 0 Å². The maximum atomic E-state index is 12.4. The Labute approximate surface area is 173 Å². The lowest BCUT2D eigenvalue weighted by Gasteiger charge is -2.31. The molecule has 1 aromatic heterocycles. The summed E-state index contributed by atoms with van der Waals surface area (Å²) in [5.41, 5.74) is 1.49. The standard InChI is InChI=1S/C23H33N3O3/c1-3-4-5-6-7-14-26-15-11-18(12-16-26)29-23(27)25-22-10-13-24-21-9-8-19(28-2)17-20(21)22/h8-10,13,17-18H,3-7,11-12,14-16H2,1-2H3,(H,24,25,27). The zero-order valence-electron chi connectivity index (χ0n) is 17.7. The summed E-state index contributed by atoms with van der Waals surface area (Å²) in [4.78, 5) is 19.3. The SMILES string of the molecule is CCCCCCCN1CCC(OC(=O)Nc2ccnc3ccc(OC)cc23)CC1. The average Bonchev–Trinajstić information content (AvgIpc) is 2.74. The van der Waals surface area contributed by atoms with Crippen molar-refractivity contribution in [3.8, 4) is 5.75 Å². The van der Waals surface area contributed by atoms with Crippen molar-refractivity contribution in [1.29, 1.82) is 0 Å². The van der Waals surface area contributed by atoms with E-state index in [2.05, 4.69) is 22.1 Å². The Morgan fingerprint density at radius 3 is 2.72 bits per heavy atom. The van der Waals surface area contributed by atoms with Gasteiger partial charge in [0.25, 0.3) is 0 Å². The second-order valence-corrected chi connectivity index (χ2v) is 7.73. The third-order valence-corrected chi connectivity index (χ3v) is 5.57. The number of rotatable bonds is 9. The Bertz CT molecular complexity index is 788. The van der Waals surface area contributed by atoms with Crippen molar-refractivity contribution < 1.29 is 14.3 Å². The molecule has 6 heteroatoms. The Balaban J connectivity index is 1.45. The van der Waals surface area contributed by atoms with E-state index in [9.17, 15) is 4.79 Å². The molecule has 1 saturated heterocycles. The van der Waals surface area contributed by atoms with Gasteiger partial charge in [0.05, 0.1) is 18.3 Å². The molecule has 2 heterocycles. The number of likely N-dealkylation sites (tertiary alicyclic amines) is 1. The van der Waals surface area contributed by atoms with Gasteiger partial charge in [-0.3, -0.25) is 10.3 Å². The van der Waals surface area contributed by atoms with Crippen LogP contribution in [-0.2, 0) is 4.74 Å². The summed E-state index contributed by atoms with van der Waals surface area (Å²) in [6.07, 6.45) is 9.60. The Morgan fingerprint density at radius 2 is 1.97 bits per heavy atom. The van der Waals surface area contributed by atoms with Crippen molar-refractivity contribution in [1.82, 2.24) is 9.88 Å². The predicted molar refractivity (Wildman–Crippen MR) is 117 cm³/mol. The summed E-state index contributed by atoms with van der Waals surface area (Å²) >= 11 is 0. The summed E-state index contributed by atoms with van der Waals surface area (Å²) < 4.78 is 11.0. The fourth-order valence-corrected chi connectivity index (χ4v) is 3.84. The minimum absolute atomic E-state index is 0.0195. The first-order chi connectivity index (χ1) is 14.2. The van der Waals surface area contributed by atoms with E-state index in [4.69, 9.17) is 9.47 Å². The average molecular weight is 400 g/mol. The lowest BCUT2D eigenvalue weighted by atomic mass is 10.1. The van der Waals surface area contributed by atoms with Crippen LogP contribution in [-0.4, -0.2) is 48.8 Å². The molecule has 0 spiro atoms. The number of methoxy groups -OCH3 is 1. The van der Waals surface area contributed by atoms with Crippen LogP contribution >= 0.6 is 0 Å². The number of nitrogens with one attached hydrogen (secondary N) is 1. The minimum Gasteiger partial charge on any atom is -0.497 e. The van der Waals surface area contributed by atoms with Gasteiger partial charge < -0.3 is 14.4 Å². The lowest BCUT2D eigenvalue weighted by molar-refractivity contribution is 0.0585. The van der Waals surface area contributed by atoms with E-state index < -0.39 is 6.09 Å². The van der Waals surface area contributed by atoms with Crippen LogP contribution in [0, 0.1) is 0 Å². The highest BCUT2D eigenvalue weighted by Gasteiger charge is 2.22. The molecule has 0 aliphatic carbocycles. The molecule has 29 heavy (non-hydrogen) atoms. The quantitative estimate of drug-likeness (QED) is 0.585. The number of anilines is 1. The molecule has 0 atom stereocenters. The van der Waals surface area contributed by atoms with Crippen molar-refractivity contribution >= 4 is 22.7 Å². The number of carbonyl (C=O) groups is 1.